The van der Waals surface area contributed by atoms with Crippen LogP contribution in [-0.2, 0) is 17.3 Å². The Morgan fingerprint density at radius 3 is 2.37 bits per heavy atom. The van der Waals surface area contributed by atoms with E-state index in [0.717, 1.165) is 57.6 Å². The first-order valence-electron chi connectivity index (χ1n) is 15.4. The molecule has 3 fully saturated rings. The number of fused-ring (bicyclic) bond motifs is 1. The predicted octanol–water partition coefficient (Wildman–Crippen LogP) is 4.66. The normalized spacial score (nSPS) is 20.2. The smallest absolute Gasteiger partial charge is 0.382 e. The van der Waals surface area contributed by atoms with E-state index in [2.05, 4.69) is 27.1 Å². The standard InChI is InChI=1S/C31H41F3N8O/c1-3-25-30(37-21-8-16-43-17-9-21)39-27-23(19-36-29(35)28(27)38-25)20-4-5-26(24(18-20)31(32,33)34)42-10-6-22(7-11-42)41-14-12-40(2)13-15-41/h4-5,18-19,21-22H,3,6-17H2,1-2H3,(H2,35,36)(H,37,39). The lowest BCUT2D eigenvalue weighted by molar-refractivity contribution is -0.137. The molecule has 0 radical (unpaired) electrons. The van der Waals surface area contributed by atoms with Crippen LogP contribution in [0.2, 0.25) is 0 Å². The molecular weight excluding hydrogens is 557 g/mol. The van der Waals surface area contributed by atoms with E-state index in [-0.39, 0.29) is 17.5 Å². The fraction of sp³-hybridized carbons (Fsp3) is 0.581. The zero-order valence-corrected chi connectivity index (χ0v) is 25.0. The zero-order valence-electron chi connectivity index (χ0n) is 25.0. The third-order valence-corrected chi connectivity index (χ3v) is 9.17. The molecule has 232 valence electrons. The molecule has 3 saturated heterocycles. The van der Waals surface area contributed by atoms with Gasteiger partial charge in [-0.2, -0.15) is 13.2 Å². The summed E-state index contributed by atoms with van der Waals surface area (Å²) in [7, 11) is 2.13. The van der Waals surface area contributed by atoms with Gasteiger partial charge >= 0.3 is 6.18 Å². The maximum atomic E-state index is 14.6. The Hall–Kier alpha value is -3.22. The monoisotopic (exact) mass is 598 g/mol. The number of hydrogen-bond donors (Lipinski definition) is 2. The molecule has 0 saturated carbocycles. The first kappa shape index (κ1) is 29.8. The van der Waals surface area contributed by atoms with E-state index < -0.39 is 11.7 Å². The molecule has 0 unspecified atom stereocenters. The minimum atomic E-state index is -4.52. The minimum Gasteiger partial charge on any atom is -0.382 e. The Kier molecular flexibility index (Phi) is 8.61. The molecule has 5 heterocycles. The van der Waals surface area contributed by atoms with Crippen LogP contribution < -0.4 is 16.0 Å². The highest BCUT2D eigenvalue weighted by molar-refractivity contribution is 5.97. The lowest BCUT2D eigenvalue weighted by Crippen LogP contribution is -2.52. The highest BCUT2D eigenvalue weighted by atomic mass is 19.4. The van der Waals surface area contributed by atoms with Crippen LogP contribution in [0.1, 0.15) is 43.9 Å². The molecule has 43 heavy (non-hydrogen) atoms. The summed E-state index contributed by atoms with van der Waals surface area (Å²) >= 11 is 0. The number of halogens is 3. The number of nitrogen functional groups attached to an aromatic ring is 1. The van der Waals surface area contributed by atoms with Gasteiger partial charge in [0.1, 0.15) is 16.9 Å². The van der Waals surface area contributed by atoms with Crippen molar-refractivity contribution in [2.45, 2.75) is 57.3 Å². The summed E-state index contributed by atoms with van der Waals surface area (Å²) in [5, 5.41) is 3.50. The molecule has 3 N–H and O–H groups in total. The highest BCUT2D eigenvalue weighted by Crippen LogP contribution is 2.41. The molecule has 1 aromatic carbocycles. The van der Waals surface area contributed by atoms with Crippen LogP contribution >= 0.6 is 0 Å². The first-order valence-corrected chi connectivity index (χ1v) is 15.4. The Balaban J connectivity index is 1.31. The second-order valence-corrected chi connectivity index (χ2v) is 11.9. The van der Waals surface area contributed by atoms with E-state index in [0.29, 0.717) is 66.7 Å². The average molecular weight is 599 g/mol. The van der Waals surface area contributed by atoms with Crippen LogP contribution in [0.25, 0.3) is 22.2 Å². The van der Waals surface area contributed by atoms with E-state index in [9.17, 15) is 13.2 Å². The highest BCUT2D eigenvalue weighted by Gasteiger charge is 2.37. The van der Waals surface area contributed by atoms with Gasteiger partial charge in [0.15, 0.2) is 5.82 Å². The number of likely N-dealkylation sites (N-methyl/N-ethyl adjacent to an activating group) is 1. The fourth-order valence-corrected chi connectivity index (χ4v) is 6.57. The van der Waals surface area contributed by atoms with E-state index in [1.807, 2.05) is 11.8 Å². The summed E-state index contributed by atoms with van der Waals surface area (Å²) in [5.74, 6) is 0.832. The summed E-state index contributed by atoms with van der Waals surface area (Å²) < 4.78 is 49.2. The van der Waals surface area contributed by atoms with Gasteiger partial charge in [0.2, 0.25) is 0 Å². The van der Waals surface area contributed by atoms with E-state index in [4.69, 9.17) is 20.4 Å². The molecule has 3 aliphatic heterocycles. The number of nitrogens with two attached hydrogens (primary N) is 1. The van der Waals surface area contributed by atoms with Crippen molar-refractivity contribution >= 4 is 28.4 Å². The summed E-state index contributed by atoms with van der Waals surface area (Å²) in [5.41, 5.74) is 8.23. The number of rotatable bonds is 6. The van der Waals surface area contributed by atoms with Crippen molar-refractivity contribution in [3.05, 3.63) is 35.7 Å². The van der Waals surface area contributed by atoms with Crippen molar-refractivity contribution < 1.29 is 17.9 Å². The van der Waals surface area contributed by atoms with Crippen molar-refractivity contribution in [1.29, 1.82) is 0 Å². The van der Waals surface area contributed by atoms with Gasteiger partial charge in [0.05, 0.1) is 11.3 Å². The molecule has 0 bridgehead atoms. The topological polar surface area (TPSA) is 95.7 Å². The first-order chi connectivity index (χ1) is 20.7. The number of pyridine rings is 1. The van der Waals surface area contributed by atoms with Gasteiger partial charge in [-0.05, 0) is 56.8 Å². The van der Waals surface area contributed by atoms with Crippen LogP contribution in [-0.4, -0.2) is 96.4 Å². The van der Waals surface area contributed by atoms with E-state index >= 15 is 0 Å². The molecule has 3 aliphatic rings. The van der Waals surface area contributed by atoms with Crippen molar-refractivity contribution in [2.24, 2.45) is 0 Å². The Labute approximate surface area is 250 Å². The van der Waals surface area contributed by atoms with Crippen LogP contribution in [0.5, 0.6) is 0 Å². The molecule has 12 heteroatoms. The van der Waals surface area contributed by atoms with Crippen LogP contribution in [0.3, 0.4) is 0 Å². The molecule has 9 nitrogen and oxygen atoms in total. The molecular formula is C31H41F3N8O. The average Bonchev–Trinajstić information content (AvgIpc) is 3.01. The zero-order chi connectivity index (χ0) is 30.1. The second-order valence-electron chi connectivity index (χ2n) is 11.9. The SMILES string of the molecule is CCc1nc2c(N)ncc(-c3ccc(N4CCC(N5CCN(C)CC5)CC4)c(C(F)(F)F)c3)c2nc1NC1CCOCC1. The molecule has 0 amide bonds. The fourth-order valence-electron chi connectivity index (χ4n) is 6.57. The molecule has 6 rings (SSSR count). The number of anilines is 3. The van der Waals surface area contributed by atoms with Crippen LogP contribution in [0.15, 0.2) is 24.4 Å². The second kappa shape index (κ2) is 12.4. The molecule has 0 spiro atoms. The number of piperazine rings is 1. The number of aryl methyl sites for hydroxylation is 1. The largest absolute Gasteiger partial charge is 0.418 e. The molecule has 0 aliphatic carbocycles. The molecule has 2 aromatic heterocycles. The Morgan fingerprint density at radius 2 is 1.70 bits per heavy atom. The minimum absolute atomic E-state index is 0.185. The lowest BCUT2D eigenvalue weighted by atomic mass is 9.97. The number of hydrogen-bond acceptors (Lipinski definition) is 9. The van der Waals surface area contributed by atoms with Crippen molar-refractivity contribution in [3.63, 3.8) is 0 Å². The van der Waals surface area contributed by atoms with Gasteiger partial charge in [-0.1, -0.05) is 13.0 Å². The Bertz CT molecular complexity index is 1430. The number of piperidine rings is 1. The van der Waals surface area contributed by atoms with Crippen molar-refractivity contribution in [1.82, 2.24) is 24.8 Å². The third-order valence-electron chi connectivity index (χ3n) is 9.17. The van der Waals surface area contributed by atoms with E-state index in [1.165, 1.54) is 12.3 Å². The van der Waals surface area contributed by atoms with Gasteiger partial charge in [0.25, 0.3) is 0 Å². The molecule has 3 aromatic rings. The van der Waals surface area contributed by atoms with Crippen molar-refractivity contribution in [3.8, 4) is 11.1 Å². The summed E-state index contributed by atoms with van der Waals surface area (Å²) in [4.78, 5) is 20.7. The Morgan fingerprint density at radius 1 is 0.977 bits per heavy atom. The summed E-state index contributed by atoms with van der Waals surface area (Å²) in [6.07, 6.45) is 1.01. The van der Waals surface area contributed by atoms with Crippen molar-refractivity contribution in [2.75, 3.05) is 75.5 Å². The van der Waals surface area contributed by atoms with E-state index in [1.54, 1.807) is 12.1 Å². The maximum Gasteiger partial charge on any atom is 0.418 e. The van der Waals surface area contributed by atoms with Crippen LogP contribution in [0.4, 0.5) is 30.5 Å². The van der Waals surface area contributed by atoms with Gasteiger partial charge < -0.3 is 25.6 Å². The number of nitrogens with zero attached hydrogens (tertiary/aromatic N) is 6. The number of nitrogens with one attached hydrogen (secondary N) is 1. The number of benzene rings is 1. The summed E-state index contributed by atoms with van der Waals surface area (Å²) in [6.45, 7) is 8.62. The lowest BCUT2D eigenvalue weighted by Gasteiger charge is -2.43. The number of alkyl halides is 3. The third kappa shape index (κ3) is 6.37. The predicted molar refractivity (Wildman–Crippen MR) is 163 cm³/mol. The van der Waals surface area contributed by atoms with Crippen LogP contribution in [0, 0.1) is 0 Å². The summed E-state index contributed by atoms with van der Waals surface area (Å²) in [6, 6.07) is 5.18. The van der Waals surface area contributed by atoms with Gasteiger partial charge in [-0.15, -0.1) is 0 Å². The molecule has 0 atom stereocenters. The number of aromatic nitrogens is 3. The van der Waals surface area contributed by atoms with Gasteiger partial charge in [-0.3, -0.25) is 4.90 Å². The number of ether oxygens (including phenoxy) is 1. The maximum absolute atomic E-state index is 14.6. The quantitative estimate of drug-likeness (QED) is 0.420. The van der Waals surface area contributed by atoms with Gasteiger partial charge in [-0.25, -0.2) is 15.0 Å². The van der Waals surface area contributed by atoms with Gasteiger partial charge in [0, 0.05) is 82.0 Å².